The number of rotatable bonds is 3. The molecule has 0 bridgehead atoms. The fourth-order valence-corrected chi connectivity index (χ4v) is 1.86. The van der Waals surface area contributed by atoms with Gasteiger partial charge >= 0.3 is 0 Å². The molecule has 5 nitrogen and oxygen atoms in total. The van der Waals surface area contributed by atoms with Crippen molar-refractivity contribution in [2.24, 2.45) is 0 Å². The number of hydrogen-bond donors (Lipinski definition) is 3. The predicted octanol–water partition coefficient (Wildman–Crippen LogP) is 0.0529. The molecule has 82 valence electrons. The summed E-state index contributed by atoms with van der Waals surface area (Å²) in [5.74, 6) is 0.467. The monoisotopic (exact) mass is 209 g/mol. The third-order valence-electron chi connectivity index (χ3n) is 2.60. The van der Waals surface area contributed by atoms with Crippen LogP contribution in [-0.4, -0.2) is 28.2 Å². The highest BCUT2D eigenvalue weighted by atomic mass is 16.3. The Bertz CT molecular complexity index is 400. The molecule has 0 saturated heterocycles. The van der Waals surface area contributed by atoms with E-state index in [9.17, 15) is 4.79 Å². The summed E-state index contributed by atoms with van der Waals surface area (Å²) in [6.07, 6.45) is 3.88. The molecular weight excluding hydrogens is 194 g/mol. The van der Waals surface area contributed by atoms with Gasteiger partial charge in [0.2, 0.25) is 5.95 Å². The number of aromatic amines is 1. The van der Waals surface area contributed by atoms with E-state index in [1.54, 1.807) is 0 Å². The standard InChI is InChI=1S/C10H15N3O2/c14-6-5-11-10-12-8-4-2-1-3-7(8)9(15)13-10/h14H,1-6H2,(H2,11,12,13,15). The summed E-state index contributed by atoms with van der Waals surface area (Å²) >= 11 is 0. The zero-order valence-corrected chi connectivity index (χ0v) is 8.55. The van der Waals surface area contributed by atoms with E-state index in [0.717, 1.165) is 36.9 Å². The lowest BCUT2D eigenvalue weighted by atomic mass is 9.97. The minimum atomic E-state index is -0.0415. The largest absolute Gasteiger partial charge is 0.395 e. The van der Waals surface area contributed by atoms with Crippen LogP contribution in [0.1, 0.15) is 24.1 Å². The van der Waals surface area contributed by atoms with Crippen molar-refractivity contribution in [2.45, 2.75) is 25.7 Å². The second-order valence-corrected chi connectivity index (χ2v) is 3.70. The van der Waals surface area contributed by atoms with Crippen molar-refractivity contribution < 1.29 is 5.11 Å². The van der Waals surface area contributed by atoms with Gasteiger partial charge in [-0.2, -0.15) is 0 Å². The van der Waals surface area contributed by atoms with E-state index in [1.807, 2.05) is 0 Å². The predicted molar refractivity (Wildman–Crippen MR) is 57.1 cm³/mol. The Hall–Kier alpha value is -1.36. The lowest BCUT2D eigenvalue weighted by Crippen LogP contribution is -2.23. The van der Waals surface area contributed by atoms with Crippen molar-refractivity contribution in [3.63, 3.8) is 0 Å². The third-order valence-corrected chi connectivity index (χ3v) is 2.60. The molecule has 5 heteroatoms. The summed E-state index contributed by atoms with van der Waals surface area (Å²) in [7, 11) is 0. The smallest absolute Gasteiger partial charge is 0.255 e. The maximum Gasteiger partial charge on any atom is 0.255 e. The molecule has 0 atom stereocenters. The van der Waals surface area contributed by atoms with Gasteiger partial charge in [0.1, 0.15) is 0 Å². The van der Waals surface area contributed by atoms with Gasteiger partial charge in [0, 0.05) is 12.1 Å². The maximum atomic E-state index is 11.6. The first kappa shape index (κ1) is 10.2. The van der Waals surface area contributed by atoms with Gasteiger partial charge in [-0.1, -0.05) is 0 Å². The summed E-state index contributed by atoms with van der Waals surface area (Å²) in [5, 5.41) is 11.5. The average Bonchev–Trinajstić information content (AvgIpc) is 2.26. The van der Waals surface area contributed by atoms with Gasteiger partial charge in [-0.3, -0.25) is 9.78 Å². The molecule has 0 radical (unpaired) electrons. The Morgan fingerprint density at radius 2 is 2.20 bits per heavy atom. The topological polar surface area (TPSA) is 78.0 Å². The molecule has 1 aromatic rings. The van der Waals surface area contributed by atoms with Crippen LogP contribution in [0.3, 0.4) is 0 Å². The zero-order chi connectivity index (χ0) is 10.7. The van der Waals surface area contributed by atoms with Gasteiger partial charge in [-0.25, -0.2) is 4.98 Å². The molecule has 1 heterocycles. The van der Waals surface area contributed by atoms with E-state index in [4.69, 9.17) is 5.11 Å². The Labute approximate surface area is 87.6 Å². The molecule has 0 spiro atoms. The Balaban J connectivity index is 2.28. The lowest BCUT2D eigenvalue weighted by molar-refractivity contribution is 0.310. The SMILES string of the molecule is O=c1[nH]c(NCCO)nc2c1CCCC2. The van der Waals surface area contributed by atoms with E-state index in [0.29, 0.717) is 12.5 Å². The number of aromatic nitrogens is 2. The fraction of sp³-hybridized carbons (Fsp3) is 0.600. The molecule has 15 heavy (non-hydrogen) atoms. The van der Waals surface area contributed by atoms with E-state index in [2.05, 4.69) is 15.3 Å². The van der Waals surface area contributed by atoms with Crippen molar-refractivity contribution in [2.75, 3.05) is 18.5 Å². The molecular formula is C10H15N3O2. The first-order chi connectivity index (χ1) is 7.31. The van der Waals surface area contributed by atoms with Crippen LogP contribution >= 0.6 is 0 Å². The average molecular weight is 209 g/mol. The summed E-state index contributed by atoms with van der Waals surface area (Å²) < 4.78 is 0. The van der Waals surface area contributed by atoms with Crippen LogP contribution in [0.25, 0.3) is 0 Å². The number of aryl methyl sites for hydroxylation is 1. The highest BCUT2D eigenvalue weighted by molar-refractivity contribution is 5.30. The molecule has 0 amide bonds. The van der Waals surface area contributed by atoms with Crippen LogP contribution in [0, 0.1) is 0 Å². The van der Waals surface area contributed by atoms with Gasteiger partial charge in [0.15, 0.2) is 0 Å². The lowest BCUT2D eigenvalue weighted by Gasteiger charge is -2.14. The van der Waals surface area contributed by atoms with Gasteiger partial charge in [-0.05, 0) is 25.7 Å². The molecule has 1 aliphatic carbocycles. The van der Waals surface area contributed by atoms with Crippen molar-refractivity contribution in [3.8, 4) is 0 Å². The van der Waals surface area contributed by atoms with Crippen molar-refractivity contribution in [3.05, 3.63) is 21.6 Å². The van der Waals surface area contributed by atoms with Crippen LogP contribution in [-0.2, 0) is 12.8 Å². The Morgan fingerprint density at radius 3 is 3.00 bits per heavy atom. The number of fused-ring (bicyclic) bond motifs is 1. The van der Waals surface area contributed by atoms with Crippen molar-refractivity contribution in [1.29, 1.82) is 0 Å². The molecule has 3 N–H and O–H groups in total. The fourth-order valence-electron chi connectivity index (χ4n) is 1.86. The molecule has 0 saturated carbocycles. The molecule has 0 unspecified atom stereocenters. The highest BCUT2D eigenvalue weighted by Crippen LogP contribution is 2.16. The molecule has 0 fully saturated rings. The van der Waals surface area contributed by atoms with E-state index in [1.165, 1.54) is 0 Å². The van der Waals surface area contributed by atoms with Crippen LogP contribution in [0.15, 0.2) is 4.79 Å². The molecule has 0 aliphatic heterocycles. The Kier molecular flexibility index (Phi) is 3.01. The van der Waals surface area contributed by atoms with E-state index < -0.39 is 0 Å². The van der Waals surface area contributed by atoms with Crippen LogP contribution in [0.2, 0.25) is 0 Å². The second-order valence-electron chi connectivity index (χ2n) is 3.70. The van der Waals surface area contributed by atoms with E-state index >= 15 is 0 Å². The van der Waals surface area contributed by atoms with Gasteiger partial charge < -0.3 is 10.4 Å². The molecule has 0 aromatic carbocycles. The summed E-state index contributed by atoms with van der Waals surface area (Å²) in [6.45, 7) is 0.433. The normalized spacial score (nSPS) is 14.7. The number of nitrogens with one attached hydrogen (secondary N) is 2. The summed E-state index contributed by atoms with van der Waals surface area (Å²) in [4.78, 5) is 18.7. The van der Waals surface area contributed by atoms with Crippen LogP contribution in [0.4, 0.5) is 5.95 Å². The first-order valence-electron chi connectivity index (χ1n) is 5.28. The number of hydrogen-bond acceptors (Lipinski definition) is 4. The highest BCUT2D eigenvalue weighted by Gasteiger charge is 2.14. The third kappa shape index (κ3) is 2.18. The van der Waals surface area contributed by atoms with Gasteiger partial charge in [0.05, 0.1) is 12.3 Å². The van der Waals surface area contributed by atoms with Crippen molar-refractivity contribution in [1.82, 2.24) is 9.97 Å². The zero-order valence-electron chi connectivity index (χ0n) is 8.55. The molecule has 1 aromatic heterocycles. The summed E-state index contributed by atoms with van der Waals surface area (Å²) in [6, 6.07) is 0. The first-order valence-corrected chi connectivity index (χ1v) is 5.28. The number of aliphatic hydroxyl groups excluding tert-OH is 1. The maximum absolute atomic E-state index is 11.6. The van der Waals surface area contributed by atoms with E-state index in [-0.39, 0.29) is 12.2 Å². The molecule has 1 aliphatic rings. The quantitative estimate of drug-likeness (QED) is 0.657. The van der Waals surface area contributed by atoms with Crippen LogP contribution in [0.5, 0.6) is 0 Å². The number of H-pyrrole nitrogens is 1. The van der Waals surface area contributed by atoms with Crippen LogP contribution < -0.4 is 10.9 Å². The second kappa shape index (κ2) is 4.44. The van der Waals surface area contributed by atoms with Crippen molar-refractivity contribution >= 4 is 5.95 Å². The van der Waals surface area contributed by atoms with Gasteiger partial charge in [0.25, 0.3) is 5.56 Å². The minimum absolute atomic E-state index is 0.0286. The summed E-state index contributed by atoms with van der Waals surface area (Å²) in [5.41, 5.74) is 1.70. The molecule has 2 rings (SSSR count). The Morgan fingerprint density at radius 1 is 1.40 bits per heavy atom. The number of nitrogens with zero attached hydrogens (tertiary/aromatic N) is 1. The van der Waals surface area contributed by atoms with Gasteiger partial charge in [-0.15, -0.1) is 0 Å². The minimum Gasteiger partial charge on any atom is -0.395 e. The number of anilines is 1. The number of aliphatic hydroxyl groups is 1.